The summed E-state index contributed by atoms with van der Waals surface area (Å²) in [7, 11) is 0. The Morgan fingerprint density at radius 2 is 1.71 bits per heavy atom. The summed E-state index contributed by atoms with van der Waals surface area (Å²) < 4.78 is 26.3. The first kappa shape index (κ1) is 17.8. The first-order valence-electron chi connectivity index (χ1n) is 8.66. The van der Waals surface area contributed by atoms with Crippen LogP contribution in [-0.2, 0) is 6.42 Å². The molecule has 7 heteroatoms. The summed E-state index contributed by atoms with van der Waals surface area (Å²) in [5.41, 5.74) is 2.16. The fourth-order valence-corrected chi connectivity index (χ4v) is 3.14. The highest BCUT2D eigenvalue weighted by atomic mass is 19.2. The fraction of sp³-hybridized carbons (Fsp3) is 0.0952. The van der Waals surface area contributed by atoms with Crippen LogP contribution in [0.4, 0.5) is 20.2 Å². The van der Waals surface area contributed by atoms with Gasteiger partial charge in [-0.25, -0.2) is 13.8 Å². The Kier molecular flexibility index (Phi) is 4.57. The summed E-state index contributed by atoms with van der Waals surface area (Å²) >= 11 is 0. The minimum atomic E-state index is -1.07. The molecule has 140 valence electrons. The summed E-state index contributed by atoms with van der Waals surface area (Å²) in [6, 6.07) is 15.2. The van der Waals surface area contributed by atoms with Crippen LogP contribution < -0.4 is 10.2 Å². The molecule has 2 amide bonds. The first-order valence-corrected chi connectivity index (χ1v) is 8.66. The number of para-hydroxylation sites is 1. The fourth-order valence-electron chi connectivity index (χ4n) is 3.14. The van der Waals surface area contributed by atoms with Crippen LogP contribution in [0.1, 0.15) is 26.5 Å². The standard InChI is InChI=1S/C21H15F2N3O2/c22-15-9-8-14(12-16(15)23)24-20(27)17-5-3-6-18(25-17)21(28)26-11-10-13-4-1-2-7-19(13)26/h1-9,12H,10-11H2,(H,24,27). The lowest BCUT2D eigenvalue weighted by Gasteiger charge is -2.17. The minimum Gasteiger partial charge on any atom is -0.321 e. The number of benzene rings is 2. The zero-order valence-corrected chi connectivity index (χ0v) is 14.7. The van der Waals surface area contributed by atoms with E-state index in [-0.39, 0.29) is 23.0 Å². The molecular weight excluding hydrogens is 364 g/mol. The van der Waals surface area contributed by atoms with E-state index in [2.05, 4.69) is 10.3 Å². The van der Waals surface area contributed by atoms with Gasteiger partial charge in [-0.3, -0.25) is 9.59 Å². The molecule has 0 radical (unpaired) electrons. The Hall–Kier alpha value is -3.61. The van der Waals surface area contributed by atoms with Crippen molar-refractivity contribution >= 4 is 23.2 Å². The number of rotatable bonds is 3. The molecule has 0 saturated carbocycles. The van der Waals surface area contributed by atoms with Crippen molar-refractivity contribution in [1.29, 1.82) is 0 Å². The number of nitrogens with zero attached hydrogens (tertiary/aromatic N) is 2. The quantitative estimate of drug-likeness (QED) is 0.753. The number of fused-ring (bicyclic) bond motifs is 1. The molecule has 2 aromatic carbocycles. The van der Waals surface area contributed by atoms with E-state index in [0.717, 1.165) is 29.8 Å². The van der Waals surface area contributed by atoms with Gasteiger partial charge in [0.05, 0.1) is 0 Å². The lowest BCUT2D eigenvalue weighted by atomic mass is 10.2. The van der Waals surface area contributed by atoms with E-state index in [1.54, 1.807) is 11.0 Å². The second-order valence-electron chi connectivity index (χ2n) is 6.33. The van der Waals surface area contributed by atoms with E-state index in [4.69, 9.17) is 0 Å². The number of nitrogens with one attached hydrogen (secondary N) is 1. The predicted molar refractivity (Wildman–Crippen MR) is 100 cm³/mol. The van der Waals surface area contributed by atoms with Gasteiger partial charge in [0.2, 0.25) is 0 Å². The van der Waals surface area contributed by atoms with Crippen LogP contribution in [0, 0.1) is 11.6 Å². The highest BCUT2D eigenvalue weighted by molar-refractivity contribution is 6.08. The van der Waals surface area contributed by atoms with Gasteiger partial charge < -0.3 is 10.2 Å². The molecule has 28 heavy (non-hydrogen) atoms. The summed E-state index contributed by atoms with van der Waals surface area (Å²) in [6.45, 7) is 0.547. The monoisotopic (exact) mass is 379 g/mol. The molecule has 1 aromatic heterocycles. The molecule has 0 aliphatic carbocycles. The number of aromatic nitrogens is 1. The molecule has 4 rings (SSSR count). The van der Waals surface area contributed by atoms with Gasteiger partial charge in [-0.05, 0) is 42.3 Å². The van der Waals surface area contributed by atoms with Gasteiger partial charge in [0.25, 0.3) is 11.8 Å². The van der Waals surface area contributed by atoms with Crippen molar-refractivity contribution in [2.45, 2.75) is 6.42 Å². The van der Waals surface area contributed by atoms with E-state index in [1.807, 2.05) is 24.3 Å². The number of anilines is 2. The van der Waals surface area contributed by atoms with E-state index < -0.39 is 17.5 Å². The third-order valence-electron chi connectivity index (χ3n) is 4.51. The van der Waals surface area contributed by atoms with Crippen LogP contribution >= 0.6 is 0 Å². The predicted octanol–water partition coefficient (Wildman–Crippen LogP) is 3.82. The van der Waals surface area contributed by atoms with Crippen molar-refractivity contribution < 1.29 is 18.4 Å². The van der Waals surface area contributed by atoms with Crippen molar-refractivity contribution in [2.75, 3.05) is 16.8 Å². The van der Waals surface area contributed by atoms with Crippen molar-refractivity contribution in [3.8, 4) is 0 Å². The molecule has 3 aromatic rings. The molecule has 0 bridgehead atoms. The van der Waals surface area contributed by atoms with Gasteiger partial charge in [0.15, 0.2) is 11.6 Å². The van der Waals surface area contributed by atoms with Gasteiger partial charge in [-0.15, -0.1) is 0 Å². The Bertz CT molecular complexity index is 1080. The summed E-state index contributed by atoms with van der Waals surface area (Å²) in [6.07, 6.45) is 0.762. The molecule has 0 spiro atoms. The molecule has 2 heterocycles. The smallest absolute Gasteiger partial charge is 0.276 e. The van der Waals surface area contributed by atoms with E-state index in [9.17, 15) is 18.4 Å². The van der Waals surface area contributed by atoms with Gasteiger partial charge in [-0.1, -0.05) is 24.3 Å². The zero-order chi connectivity index (χ0) is 19.7. The van der Waals surface area contributed by atoms with Crippen molar-refractivity contribution in [2.24, 2.45) is 0 Å². The number of amides is 2. The number of hydrogen-bond acceptors (Lipinski definition) is 3. The second-order valence-corrected chi connectivity index (χ2v) is 6.33. The normalized spacial score (nSPS) is 12.6. The van der Waals surface area contributed by atoms with Crippen LogP contribution in [0.3, 0.4) is 0 Å². The average Bonchev–Trinajstić information content (AvgIpc) is 3.14. The molecule has 5 nitrogen and oxygen atoms in total. The van der Waals surface area contributed by atoms with Crippen LogP contribution in [0.5, 0.6) is 0 Å². The maximum Gasteiger partial charge on any atom is 0.276 e. The van der Waals surface area contributed by atoms with Crippen LogP contribution in [-0.4, -0.2) is 23.3 Å². The van der Waals surface area contributed by atoms with Crippen LogP contribution in [0.2, 0.25) is 0 Å². The van der Waals surface area contributed by atoms with Gasteiger partial charge in [-0.2, -0.15) is 0 Å². The molecule has 0 fully saturated rings. The Morgan fingerprint density at radius 3 is 2.54 bits per heavy atom. The Balaban J connectivity index is 1.55. The molecule has 1 aliphatic rings. The number of carbonyl (C=O) groups excluding carboxylic acids is 2. The number of hydrogen-bond donors (Lipinski definition) is 1. The summed E-state index contributed by atoms with van der Waals surface area (Å²) in [5.74, 6) is -2.99. The molecule has 0 unspecified atom stereocenters. The lowest BCUT2D eigenvalue weighted by Crippen LogP contribution is -2.30. The SMILES string of the molecule is O=C(Nc1ccc(F)c(F)c1)c1cccc(C(=O)N2CCc3ccccc32)n1. The number of pyridine rings is 1. The second kappa shape index (κ2) is 7.19. The average molecular weight is 379 g/mol. The van der Waals surface area contributed by atoms with Gasteiger partial charge in [0.1, 0.15) is 11.4 Å². The number of halogens is 2. The Morgan fingerprint density at radius 1 is 0.929 bits per heavy atom. The van der Waals surface area contributed by atoms with Crippen molar-refractivity contribution in [1.82, 2.24) is 4.98 Å². The van der Waals surface area contributed by atoms with E-state index in [0.29, 0.717) is 6.54 Å². The van der Waals surface area contributed by atoms with Gasteiger partial charge in [0, 0.05) is 24.0 Å². The van der Waals surface area contributed by atoms with Gasteiger partial charge >= 0.3 is 0 Å². The van der Waals surface area contributed by atoms with Crippen LogP contribution in [0.15, 0.2) is 60.7 Å². The molecule has 0 atom stereocenters. The Labute approximate surface area is 159 Å². The third kappa shape index (κ3) is 3.34. The molecule has 0 saturated heterocycles. The zero-order valence-electron chi connectivity index (χ0n) is 14.7. The van der Waals surface area contributed by atoms with Crippen molar-refractivity contribution in [3.63, 3.8) is 0 Å². The van der Waals surface area contributed by atoms with E-state index in [1.165, 1.54) is 18.2 Å². The molecular formula is C21H15F2N3O2. The lowest BCUT2D eigenvalue weighted by molar-refractivity contribution is 0.0984. The maximum atomic E-state index is 13.3. The summed E-state index contributed by atoms with van der Waals surface area (Å²) in [5, 5.41) is 2.44. The van der Waals surface area contributed by atoms with Crippen LogP contribution in [0.25, 0.3) is 0 Å². The number of carbonyl (C=O) groups is 2. The highest BCUT2D eigenvalue weighted by Crippen LogP contribution is 2.28. The van der Waals surface area contributed by atoms with Crippen molar-refractivity contribution in [3.05, 3.63) is 89.2 Å². The topological polar surface area (TPSA) is 62.3 Å². The minimum absolute atomic E-state index is 0.00284. The highest BCUT2D eigenvalue weighted by Gasteiger charge is 2.26. The largest absolute Gasteiger partial charge is 0.321 e. The first-order chi connectivity index (χ1) is 13.5. The summed E-state index contributed by atoms with van der Waals surface area (Å²) in [4.78, 5) is 31.0. The molecule has 1 N–H and O–H groups in total. The maximum absolute atomic E-state index is 13.3. The van der Waals surface area contributed by atoms with E-state index >= 15 is 0 Å². The third-order valence-corrected chi connectivity index (χ3v) is 4.51. The molecule has 1 aliphatic heterocycles.